The average Bonchev–Trinajstić information content (AvgIpc) is 2.44. The Morgan fingerprint density at radius 2 is 1.85 bits per heavy atom. The predicted molar refractivity (Wildman–Crippen MR) is 84.3 cm³/mol. The molecule has 0 bridgehead atoms. The van der Waals surface area contributed by atoms with Crippen LogP contribution in [0, 0.1) is 6.92 Å². The van der Waals surface area contributed by atoms with Crippen molar-refractivity contribution < 1.29 is 4.79 Å². The molecular weight excluding hydrogens is 250 g/mol. The molecule has 0 spiro atoms. The molecule has 2 aromatic carbocycles. The van der Waals surface area contributed by atoms with Crippen molar-refractivity contribution in [2.24, 2.45) is 0 Å². The van der Waals surface area contributed by atoms with Gasteiger partial charge in [0.05, 0.1) is 0 Å². The number of anilines is 3. The fourth-order valence-corrected chi connectivity index (χ4v) is 1.91. The number of nitrogens with one attached hydrogen (secondary N) is 1. The Labute approximate surface area is 119 Å². The third-order valence-corrected chi connectivity index (χ3v) is 3.25. The molecule has 0 unspecified atom stereocenters. The topological polar surface area (TPSA) is 58.4 Å². The Morgan fingerprint density at radius 3 is 2.55 bits per heavy atom. The molecule has 20 heavy (non-hydrogen) atoms. The number of hydrogen-bond donors (Lipinski definition) is 2. The maximum Gasteiger partial charge on any atom is 0.255 e. The zero-order valence-corrected chi connectivity index (χ0v) is 12.0. The van der Waals surface area contributed by atoms with E-state index in [4.69, 9.17) is 5.73 Å². The maximum atomic E-state index is 12.3. The van der Waals surface area contributed by atoms with E-state index in [0.29, 0.717) is 11.3 Å². The zero-order chi connectivity index (χ0) is 14.7. The van der Waals surface area contributed by atoms with Gasteiger partial charge in [0, 0.05) is 36.7 Å². The highest BCUT2D eigenvalue weighted by Gasteiger charge is 2.09. The minimum Gasteiger partial charge on any atom is -0.398 e. The monoisotopic (exact) mass is 269 g/mol. The molecular formula is C16H19N3O. The molecule has 4 nitrogen and oxygen atoms in total. The normalized spacial score (nSPS) is 10.2. The van der Waals surface area contributed by atoms with E-state index in [0.717, 1.165) is 16.9 Å². The van der Waals surface area contributed by atoms with E-state index in [9.17, 15) is 4.79 Å². The number of rotatable bonds is 3. The van der Waals surface area contributed by atoms with Crippen molar-refractivity contribution in [2.45, 2.75) is 6.92 Å². The van der Waals surface area contributed by atoms with Gasteiger partial charge in [0.1, 0.15) is 0 Å². The van der Waals surface area contributed by atoms with Gasteiger partial charge in [0.15, 0.2) is 0 Å². The molecule has 2 aromatic rings. The molecule has 0 saturated heterocycles. The van der Waals surface area contributed by atoms with Gasteiger partial charge in [-0.1, -0.05) is 12.1 Å². The second-order valence-electron chi connectivity index (χ2n) is 4.92. The molecule has 2 rings (SSSR count). The molecule has 3 N–H and O–H groups in total. The van der Waals surface area contributed by atoms with Gasteiger partial charge in [-0.15, -0.1) is 0 Å². The summed E-state index contributed by atoms with van der Waals surface area (Å²) in [5.74, 6) is -0.137. The summed E-state index contributed by atoms with van der Waals surface area (Å²) in [7, 11) is 3.89. The van der Waals surface area contributed by atoms with Gasteiger partial charge in [-0.25, -0.2) is 0 Å². The molecule has 1 amide bonds. The Kier molecular flexibility index (Phi) is 3.94. The summed E-state index contributed by atoms with van der Waals surface area (Å²) in [5, 5.41) is 2.90. The molecule has 0 aromatic heterocycles. The van der Waals surface area contributed by atoms with Gasteiger partial charge in [0.2, 0.25) is 0 Å². The lowest BCUT2D eigenvalue weighted by molar-refractivity contribution is 0.102. The van der Waals surface area contributed by atoms with Crippen molar-refractivity contribution in [2.75, 3.05) is 30.0 Å². The van der Waals surface area contributed by atoms with E-state index >= 15 is 0 Å². The lowest BCUT2D eigenvalue weighted by Gasteiger charge is -2.14. The second-order valence-corrected chi connectivity index (χ2v) is 4.92. The molecule has 0 saturated carbocycles. The fourth-order valence-electron chi connectivity index (χ4n) is 1.91. The standard InChI is InChI=1S/C16H19N3O/c1-11-14(17)8-5-9-15(11)18-16(20)12-6-4-7-13(10-12)19(2)3/h4-10H,17H2,1-3H3,(H,18,20). The van der Waals surface area contributed by atoms with Crippen LogP contribution in [-0.2, 0) is 0 Å². The molecule has 4 heteroatoms. The Bertz CT molecular complexity index is 635. The second kappa shape index (κ2) is 5.65. The minimum atomic E-state index is -0.137. The smallest absolute Gasteiger partial charge is 0.255 e. The number of benzene rings is 2. The van der Waals surface area contributed by atoms with Gasteiger partial charge in [-0.05, 0) is 42.8 Å². The number of nitrogens with zero attached hydrogens (tertiary/aromatic N) is 1. The SMILES string of the molecule is Cc1c(N)cccc1NC(=O)c1cccc(N(C)C)c1. The first-order valence-corrected chi connectivity index (χ1v) is 6.43. The quantitative estimate of drug-likeness (QED) is 0.842. The van der Waals surface area contributed by atoms with Crippen molar-refractivity contribution in [3.05, 3.63) is 53.6 Å². The summed E-state index contributed by atoms with van der Waals surface area (Å²) in [5.41, 5.74) is 9.74. The summed E-state index contributed by atoms with van der Waals surface area (Å²) in [6, 6.07) is 13.0. The van der Waals surface area contributed by atoms with E-state index in [2.05, 4.69) is 5.32 Å². The van der Waals surface area contributed by atoms with E-state index in [1.165, 1.54) is 0 Å². The van der Waals surface area contributed by atoms with E-state index in [-0.39, 0.29) is 5.91 Å². The number of carbonyl (C=O) groups is 1. The summed E-state index contributed by atoms with van der Waals surface area (Å²) in [6.45, 7) is 1.89. The lowest BCUT2D eigenvalue weighted by Crippen LogP contribution is -2.15. The highest BCUT2D eigenvalue weighted by Crippen LogP contribution is 2.22. The predicted octanol–water partition coefficient (Wildman–Crippen LogP) is 2.90. The average molecular weight is 269 g/mol. The molecule has 0 atom stereocenters. The largest absolute Gasteiger partial charge is 0.398 e. The fraction of sp³-hybridized carbons (Fsp3) is 0.188. The van der Waals surface area contributed by atoms with Crippen LogP contribution in [0.4, 0.5) is 17.1 Å². The highest BCUT2D eigenvalue weighted by atomic mass is 16.1. The van der Waals surface area contributed by atoms with E-state index in [1.807, 2.05) is 62.3 Å². The van der Waals surface area contributed by atoms with Crippen molar-refractivity contribution in [3.8, 4) is 0 Å². The lowest BCUT2D eigenvalue weighted by atomic mass is 10.1. The number of nitrogen functional groups attached to an aromatic ring is 1. The van der Waals surface area contributed by atoms with Gasteiger partial charge in [0.25, 0.3) is 5.91 Å². The van der Waals surface area contributed by atoms with Crippen molar-refractivity contribution in [3.63, 3.8) is 0 Å². The van der Waals surface area contributed by atoms with Crippen LogP contribution in [-0.4, -0.2) is 20.0 Å². The van der Waals surface area contributed by atoms with Gasteiger partial charge in [-0.2, -0.15) is 0 Å². The Morgan fingerprint density at radius 1 is 1.15 bits per heavy atom. The Balaban J connectivity index is 2.24. The number of amides is 1. The first-order valence-electron chi connectivity index (χ1n) is 6.43. The highest BCUT2D eigenvalue weighted by molar-refractivity contribution is 6.05. The van der Waals surface area contributed by atoms with Crippen LogP contribution in [0.25, 0.3) is 0 Å². The molecule has 0 heterocycles. The summed E-state index contributed by atoms with van der Waals surface area (Å²) in [4.78, 5) is 14.2. The third kappa shape index (κ3) is 2.91. The van der Waals surface area contributed by atoms with E-state index in [1.54, 1.807) is 6.07 Å². The third-order valence-electron chi connectivity index (χ3n) is 3.25. The van der Waals surface area contributed by atoms with E-state index < -0.39 is 0 Å². The van der Waals surface area contributed by atoms with Crippen LogP contribution in [0.3, 0.4) is 0 Å². The Hall–Kier alpha value is -2.49. The first kappa shape index (κ1) is 13.9. The molecule has 0 aliphatic rings. The molecule has 0 aliphatic heterocycles. The number of carbonyl (C=O) groups excluding carboxylic acids is 1. The van der Waals surface area contributed by atoms with Crippen LogP contribution >= 0.6 is 0 Å². The molecule has 104 valence electrons. The van der Waals surface area contributed by atoms with Crippen LogP contribution in [0.5, 0.6) is 0 Å². The molecule has 0 fully saturated rings. The van der Waals surface area contributed by atoms with Crippen LogP contribution in [0.2, 0.25) is 0 Å². The maximum absolute atomic E-state index is 12.3. The van der Waals surface area contributed by atoms with Crippen molar-refractivity contribution in [1.29, 1.82) is 0 Å². The molecule has 0 radical (unpaired) electrons. The first-order chi connectivity index (χ1) is 9.49. The van der Waals surface area contributed by atoms with Crippen LogP contribution < -0.4 is 16.0 Å². The summed E-state index contributed by atoms with van der Waals surface area (Å²) in [6.07, 6.45) is 0. The minimum absolute atomic E-state index is 0.137. The summed E-state index contributed by atoms with van der Waals surface area (Å²) < 4.78 is 0. The summed E-state index contributed by atoms with van der Waals surface area (Å²) >= 11 is 0. The molecule has 0 aliphatic carbocycles. The van der Waals surface area contributed by atoms with Crippen molar-refractivity contribution >= 4 is 23.0 Å². The zero-order valence-electron chi connectivity index (χ0n) is 12.0. The van der Waals surface area contributed by atoms with Gasteiger partial charge >= 0.3 is 0 Å². The van der Waals surface area contributed by atoms with Gasteiger partial charge in [-0.3, -0.25) is 4.79 Å². The van der Waals surface area contributed by atoms with Crippen LogP contribution in [0.1, 0.15) is 15.9 Å². The van der Waals surface area contributed by atoms with Gasteiger partial charge < -0.3 is 16.0 Å². The number of hydrogen-bond acceptors (Lipinski definition) is 3. The van der Waals surface area contributed by atoms with Crippen molar-refractivity contribution in [1.82, 2.24) is 0 Å². The van der Waals surface area contributed by atoms with Crippen LogP contribution in [0.15, 0.2) is 42.5 Å². The number of nitrogens with two attached hydrogens (primary N) is 1.